The largest absolute Gasteiger partial charge is 0.452 e. The van der Waals surface area contributed by atoms with Crippen LogP contribution in [0.5, 0.6) is 0 Å². The molecule has 0 bridgehead atoms. The van der Waals surface area contributed by atoms with Gasteiger partial charge in [-0.1, -0.05) is 0 Å². The van der Waals surface area contributed by atoms with Crippen molar-refractivity contribution in [2.75, 3.05) is 33.4 Å². The quantitative estimate of drug-likeness (QED) is 0.727. The van der Waals surface area contributed by atoms with Crippen LogP contribution in [-0.4, -0.2) is 58.0 Å². The molecule has 1 spiro atoms. The number of ether oxygens (including phenoxy) is 3. The van der Waals surface area contributed by atoms with Gasteiger partial charge in [0, 0.05) is 13.0 Å². The minimum atomic E-state index is -3.91. The highest BCUT2D eigenvalue weighted by atomic mass is 32.2. The van der Waals surface area contributed by atoms with E-state index in [-0.39, 0.29) is 6.54 Å². The normalized spacial score (nSPS) is 24.1. The van der Waals surface area contributed by atoms with Crippen molar-refractivity contribution in [3.8, 4) is 0 Å². The summed E-state index contributed by atoms with van der Waals surface area (Å²) in [4.78, 5) is 11.0. The number of nitrogens with zero attached hydrogens (tertiary/aromatic N) is 1. The molecular formula is C9H16N2O6S. The second kappa shape index (κ2) is 5.00. The van der Waals surface area contributed by atoms with Gasteiger partial charge in [-0.25, -0.2) is 9.52 Å². The molecule has 8 nitrogen and oxygen atoms in total. The summed E-state index contributed by atoms with van der Waals surface area (Å²) in [5.41, 5.74) is 0. The predicted molar refractivity (Wildman–Crippen MR) is 59.9 cm³/mol. The summed E-state index contributed by atoms with van der Waals surface area (Å²) >= 11 is 0. The van der Waals surface area contributed by atoms with Crippen molar-refractivity contribution in [2.24, 2.45) is 0 Å². The molecule has 2 saturated heterocycles. The number of rotatable bonds is 2. The second-order valence-electron chi connectivity index (χ2n) is 4.14. The lowest BCUT2D eigenvalue weighted by atomic mass is 10.1. The third-order valence-corrected chi connectivity index (χ3v) is 4.35. The van der Waals surface area contributed by atoms with E-state index in [0.717, 1.165) is 11.4 Å². The van der Waals surface area contributed by atoms with Gasteiger partial charge < -0.3 is 14.2 Å². The first-order valence-electron chi connectivity index (χ1n) is 5.61. The molecular weight excluding hydrogens is 264 g/mol. The molecule has 2 rings (SSSR count). The van der Waals surface area contributed by atoms with Crippen molar-refractivity contribution in [3.63, 3.8) is 0 Å². The van der Waals surface area contributed by atoms with Crippen molar-refractivity contribution < 1.29 is 27.4 Å². The van der Waals surface area contributed by atoms with Crippen LogP contribution in [0.1, 0.15) is 12.8 Å². The lowest BCUT2D eigenvalue weighted by Crippen LogP contribution is -2.54. The molecule has 18 heavy (non-hydrogen) atoms. The summed E-state index contributed by atoms with van der Waals surface area (Å²) < 4.78 is 41.9. The number of carbonyl (C=O) groups excluding carboxylic acids is 1. The molecule has 0 aromatic carbocycles. The maximum Gasteiger partial charge on any atom is 0.421 e. The molecule has 0 aromatic rings. The van der Waals surface area contributed by atoms with Crippen LogP contribution < -0.4 is 4.72 Å². The molecule has 2 fully saturated rings. The monoisotopic (exact) mass is 280 g/mol. The van der Waals surface area contributed by atoms with Crippen LogP contribution in [0.25, 0.3) is 0 Å². The fourth-order valence-corrected chi connectivity index (χ4v) is 3.26. The minimum absolute atomic E-state index is 0.0827. The van der Waals surface area contributed by atoms with E-state index < -0.39 is 22.1 Å². The Morgan fingerprint density at radius 1 is 1.39 bits per heavy atom. The Morgan fingerprint density at radius 3 is 2.67 bits per heavy atom. The van der Waals surface area contributed by atoms with Crippen molar-refractivity contribution in [1.82, 2.24) is 9.03 Å². The Morgan fingerprint density at radius 2 is 2.06 bits per heavy atom. The van der Waals surface area contributed by atoms with Crippen LogP contribution >= 0.6 is 0 Å². The van der Waals surface area contributed by atoms with Gasteiger partial charge in [-0.15, -0.1) is 0 Å². The Labute approximate surface area is 105 Å². The van der Waals surface area contributed by atoms with Crippen molar-refractivity contribution >= 4 is 16.3 Å². The molecule has 0 unspecified atom stereocenters. The number of hydrogen-bond acceptors (Lipinski definition) is 6. The number of carbonyl (C=O) groups is 1. The molecule has 1 N–H and O–H groups in total. The summed E-state index contributed by atoms with van der Waals surface area (Å²) in [5, 5.41) is 0. The van der Waals surface area contributed by atoms with Crippen LogP contribution in [0.3, 0.4) is 0 Å². The summed E-state index contributed by atoms with van der Waals surface area (Å²) in [5.74, 6) is -0.858. The molecule has 9 heteroatoms. The molecule has 0 radical (unpaired) electrons. The summed E-state index contributed by atoms with van der Waals surface area (Å²) in [7, 11) is -2.81. The van der Waals surface area contributed by atoms with Crippen LogP contribution in [0.4, 0.5) is 4.79 Å². The van der Waals surface area contributed by atoms with E-state index in [1.54, 1.807) is 0 Å². The van der Waals surface area contributed by atoms with Gasteiger partial charge in [0.15, 0.2) is 5.79 Å². The smallest absolute Gasteiger partial charge is 0.421 e. The molecule has 0 aromatic heterocycles. The number of methoxy groups -OCH3 is 1. The fourth-order valence-electron chi connectivity index (χ4n) is 2.10. The summed E-state index contributed by atoms with van der Waals surface area (Å²) in [6, 6.07) is 0. The average Bonchev–Trinajstić information content (AvgIpc) is 2.76. The van der Waals surface area contributed by atoms with E-state index in [2.05, 4.69) is 4.74 Å². The highest BCUT2D eigenvalue weighted by molar-refractivity contribution is 7.87. The van der Waals surface area contributed by atoms with Gasteiger partial charge in [-0.05, 0) is 6.42 Å². The van der Waals surface area contributed by atoms with E-state index in [0.29, 0.717) is 32.6 Å². The lowest BCUT2D eigenvalue weighted by Gasteiger charge is -2.37. The topological polar surface area (TPSA) is 94.2 Å². The van der Waals surface area contributed by atoms with Crippen molar-refractivity contribution in [1.29, 1.82) is 0 Å². The first-order valence-corrected chi connectivity index (χ1v) is 7.05. The predicted octanol–water partition coefficient (Wildman–Crippen LogP) is -0.574. The van der Waals surface area contributed by atoms with Crippen LogP contribution in [0, 0.1) is 0 Å². The highest BCUT2D eigenvalue weighted by Gasteiger charge is 2.44. The third-order valence-electron chi connectivity index (χ3n) is 2.93. The Hall–Kier alpha value is -0.900. The third kappa shape index (κ3) is 2.74. The number of nitrogens with one attached hydrogen (secondary N) is 1. The number of hydrogen-bond donors (Lipinski definition) is 1. The minimum Gasteiger partial charge on any atom is -0.452 e. The molecule has 2 aliphatic heterocycles. The lowest BCUT2D eigenvalue weighted by molar-refractivity contribution is -0.179. The Bertz CT molecular complexity index is 417. The first kappa shape index (κ1) is 13.5. The van der Waals surface area contributed by atoms with Gasteiger partial charge in [-0.3, -0.25) is 0 Å². The van der Waals surface area contributed by atoms with Gasteiger partial charge in [-0.2, -0.15) is 12.7 Å². The van der Waals surface area contributed by atoms with Gasteiger partial charge in [0.1, 0.15) is 0 Å². The van der Waals surface area contributed by atoms with Gasteiger partial charge in [0.05, 0.1) is 26.9 Å². The van der Waals surface area contributed by atoms with Crippen molar-refractivity contribution in [2.45, 2.75) is 18.6 Å². The number of amides is 1. The van der Waals surface area contributed by atoms with Gasteiger partial charge in [0.25, 0.3) is 0 Å². The first-order chi connectivity index (χ1) is 8.47. The van der Waals surface area contributed by atoms with Crippen molar-refractivity contribution in [3.05, 3.63) is 0 Å². The molecule has 0 atom stereocenters. The average molecular weight is 280 g/mol. The van der Waals surface area contributed by atoms with Crippen LogP contribution in [-0.2, 0) is 24.4 Å². The highest BCUT2D eigenvalue weighted by Crippen LogP contribution is 2.30. The Kier molecular flexibility index (Phi) is 3.76. The van der Waals surface area contributed by atoms with E-state index in [4.69, 9.17) is 9.47 Å². The Balaban J connectivity index is 2.06. The molecule has 0 aliphatic carbocycles. The van der Waals surface area contributed by atoms with E-state index in [1.165, 1.54) is 0 Å². The summed E-state index contributed by atoms with van der Waals surface area (Å²) in [6.07, 6.45) is 0.252. The van der Waals surface area contributed by atoms with Crippen LogP contribution in [0.15, 0.2) is 0 Å². The molecule has 1 amide bonds. The van der Waals surface area contributed by atoms with Gasteiger partial charge >= 0.3 is 16.3 Å². The molecule has 2 heterocycles. The maximum atomic E-state index is 11.9. The zero-order chi connectivity index (χ0) is 13.2. The maximum absolute atomic E-state index is 11.9. The zero-order valence-corrected chi connectivity index (χ0v) is 10.9. The molecule has 2 aliphatic rings. The van der Waals surface area contributed by atoms with Gasteiger partial charge in [0.2, 0.25) is 0 Å². The fraction of sp³-hybridized carbons (Fsp3) is 0.889. The van der Waals surface area contributed by atoms with E-state index in [1.807, 2.05) is 4.72 Å². The standard InChI is InChI=1S/C9H16N2O6S/c1-15-8(12)10-18(13,14)11-4-2-3-9(7-11)16-5-6-17-9/h2-7H2,1H3,(H,10,12). The second-order valence-corrected chi connectivity index (χ2v) is 5.81. The number of piperidine rings is 1. The molecule has 104 valence electrons. The van der Waals surface area contributed by atoms with Crippen LogP contribution in [0.2, 0.25) is 0 Å². The van der Waals surface area contributed by atoms with E-state index >= 15 is 0 Å². The summed E-state index contributed by atoms with van der Waals surface area (Å²) in [6.45, 7) is 1.32. The zero-order valence-electron chi connectivity index (χ0n) is 10.0. The SMILES string of the molecule is COC(=O)NS(=O)(=O)N1CCCC2(C1)OCCO2. The van der Waals surface area contributed by atoms with E-state index in [9.17, 15) is 13.2 Å². The molecule has 0 saturated carbocycles.